The average molecular weight is 201 g/mol. The Kier molecular flexibility index (Phi) is 7.81. The second-order valence-electron chi connectivity index (χ2n) is 1.66. The first-order valence-electron chi connectivity index (χ1n) is 2.74. The Morgan fingerprint density at radius 1 is 1.69 bits per heavy atom. The second kappa shape index (κ2) is 6.83. The Labute approximate surface area is 96.6 Å². The van der Waals surface area contributed by atoms with Gasteiger partial charge in [-0.3, -0.25) is 0 Å². The van der Waals surface area contributed by atoms with Gasteiger partial charge in [0.15, 0.2) is 11.3 Å². The molecule has 0 amide bonds. The summed E-state index contributed by atoms with van der Waals surface area (Å²) in [6, 6.07) is 1.11. The number of carbonyl (C=O) groups excluding carboxylic acids is 1. The van der Waals surface area contributed by atoms with Crippen molar-refractivity contribution in [1.29, 1.82) is 5.26 Å². The van der Waals surface area contributed by atoms with Crippen LogP contribution < -0.4 is 29.6 Å². The molecule has 0 aromatic rings. The number of aliphatic hydroxyl groups excluding tert-OH is 1. The molecule has 0 atom stereocenters. The molecule has 0 saturated carbocycles. The van der Waals surface area contributed by atoms with E-state index in [4.69, 9.17) is 10.4 Å². The Hall–Kier alpha value is -0.640. The summed E-state index contributed by atoms with van der Waals surface area (Å²) in [6.45, 7) is 0. The summed E-state index contributed by atoms with van der Waals surface area (Å²) in [4.78, 5) is 10.5. The fourth-order valence-electron chi connectivity index (χ4n) is 0.419. The minimum atomic E-state index is -3.25. The van der Waals surface area contributed by atoms with E-state index < -0.39 is 23.7 Å². The molecule has 0 aliphatic carbocycles. The van der Waals surface area contributed by atoms with Crippen molar-refractivity contribution in [2.24, 2.45) is 0 Å². The smallest absolute Gasteiger partial charge is 1.00 e. The Bertz CT molecular complexity index is 264. The largest absolute Gasteiger partial charge is 1.00 e. The minimum Gasteiger partial charge on any atom is -1.00 e. The molecule has 4 nitrogen and oxygen atoms in total. The van der Waals surface area contributed by atoms with Crippen molar-refractivity contribution in [2.75, 3.05) is 7.11 Å². The van der Waals surface area contributed by atoms with E-state index >= 15 is 0 Å². The van der Waals surface area contributed by atoms with E-state index in [9.17, 15) is 13.6 Å². The third kappa shape index (κ3) is 4.22. The maximum Gasteiger partial charge on any atom is 1.00 e. The molecule has 0 rings (SSSR count). The first-order chi connectivity index (χ1) is 5.54. The molecule has 0 saturated heterocycles. The topological polar surface area (TPSA) is 70.3 Å². The summed E-state index contributed by atoms with van der Waals surface area (Å²) in [6.07, 6.45) is -3.25. The second-order valence-corrected chi connectivity index (χ2v) is 1.66. The zero-order valence-corrected chi connectivity index (χ0v) is 9.04. The van der Waals surface area contributed by atoms with Gasteiger partial charge in [-0.2, -0.15) is 5.26 Å². The fraction of sp³-hybridized carbons (Fsp3) is 0.333. The van der Waals surface area contributed by atoms with Crippen LogP contribution in [0.25, 0.3) is 0 Å². The van der Waals surface area contributed by atoms with Crippen LogP contribution in [0, 0.1) is 11.3 Å². The van der Waals surface area contributed by atoms with Gasteiger partial charge in [-0.15, -0.1) is 0 Å². The maximum atomic E-state index is 11.7. The van der Waals surface area contributed by atoms with E-state index in [2.05, 4.69) is 4.74 Å². The van der Waals surface area contributed by atoms with Crippen LogP contribution >= 0.6 is 0 Å². The molecule has 0 bridgehead atoms. The van der Waals surface area contributed by atoms with E-state index in [-0.39, 0.29) is 31.0 Å². The van der Waals surface area contributed by atoms with Crippen LogP contribution in [0.15, 0.2) is 11.3 Å². The number of carbonyl (C=O) groups is 1. The average Bonchev–Trinajstić information content (AvgIpc) is 2.05. The molecule has 0 aromatic carbocycles. The molecule has 0 radical (unpaired) electrons. The molecule has 0 spiro atoms. The van der Waals surface area contributed by atoms with Gasteiger partial charge >= 0.3 is 35.5 Å². The van der Waals surface area contributed by atoms with Gasteiger partial charge < -0.3 is 11.3 Å². The van der Waals surface area contributed by atoms with Crippen molar-refractivity contribution in [2.45, 2.75) is 6.43 Å². The molecule has 0 unspecified atom stereocenters. The Morgan fingerprint density at radius 3 is 2.38 bits per heavy atom. The third-order valence-electron chi connectivity index (χ3n) is 0.964. The molecule has 0 heterocycles. The van der Waals surface area contributed by atoms with Gasteiger partial charge in [0.25, 0.3) is 6.43 Å². The summed E-state index contributed by atoms with van der Waals surface area (Å²) < 4.78 is 27.4. The SMILES string of the molecule is COC(=O)/C(C#N)=C(\O)C(F)F.[H-].[Na+]. The molecule has 1 N–H and O–H groups in total. The predicted octanol–water partition coefficient (Wildman–Crippen LogP) is -2.12. The minimum absolute atomic E-state index is 0. The number of nitriles is 1. The number of hydrogen-bond donors (Lipinski definition) is 1. The van der Waals surface area contributed by atoms with Crippen LogP contribution in [0.5, 0.6) is 0 Å². The monoisotopic (exact) mass is 201 g/mol. The first-order valence-corrected chi connectivity index (χ1v) is 2.74. The number of allylic oxidation sites excluding steroid dienone is 1. The van der Waals surface area contributed by atoms with Crippen LogP contribution in [0.1, 0.15) is 1.43 Å². The van der Waals surface area contributed by atoms with Crippen LogP contribution in [-0.2, 0) is 9.53 Å². The predicted molar refractivity (Wildman–Crippen MR) is 34.4 cm³/mol. The summed E-state index contributed by atoms with van der Waals surface area (Å²) in [5, 5.41) is 16.6. The summed E-state index contributed by atoms with van der Waals surface area (Å²) in [5.74, 6) is -2.85. The number of rotatable bonds is 2. The zero-order chi connectivity index (χ0) is 9.72. The molecule has 0 aromatic heterocycles. The Balaban J connectivity index is -0.000000605. The summed E-state index contributed by atoms with van der Waals surface area (Å²) in [5.41, 5.74) is -1.08. The molecule has 0 aliphatic heterocycles. The van der Waals surface area contributed by atoms with E-state index in [0.717, 1.165) is 13.2 Å². The van der Waals surface area contributed by atoms with Crippen molar-refractivity contribution in [3.8, 4) is 6.07 Å². The maximum absolute atomic E-state index is 11.7. The van der Waals surface area contributed by atoms with E-state index in [1.165, 1.54) is 0 Å². The van der Waals surface area contributed by atoms with Gasteiger partial charge in [0.2, 0.25) is 0 Å². The quantitative estimate of drug-likeness (QED) is 0.182. The number of nitrogens with zero attached hydrogens (tertiary/aromatic N) is 1. The van der Waals surface area contributed by atoms with Crippen molar-refractivity contribution in [1.82, 2.24) is 0 Å². The van der Waals surface area contributed by atoms with E-state index in [1.54, 1.807) is 0 Å². The van der Waals surface area contributed by atoms with E-state index in [1.807, 2.05) is 0 Å². The number of methoxy groups -OCH3 is 1. The number of halogens is 2. The van der Waals surface area contributed by atoms with Gasteiger partial charge in [-0.1, -0.05) is 0 Å². The summed E-state index contributed by atoms with van der Waals surface area (Å²) in [7, 11) is 0.915. The van der Waals surface area contributed by atoms with Crippen LogP contribution in [0.4, 0.5) is 8.78 Å². The summed E-state index contributed by atoms with van der Waals surface area (Å²) >= 11 is 0. The molecular formula is C6H6F2NNaO3. The number of aliphatic hydroxyl groups is 1. The molecular weight excluding hydrogens is 195 g/mol. The molecule has 7 heteroatoms. The van der Waals surface area contributed by atoms with Gasteiger partial charge in [-0.05, 0) is 0 Å². The van der Waals surface area contributed by atoms with Crippen molar-refractivity contribution < 1.29 is 54.4 Å². The number of hydrogen-bond acceptors (Lipinski definition) is 4. The van der Waals surface area contributed by atoms with Crippen molar-refractivity contribution >= 4 is 5.97 Å². The van der Waals surface area contributed by atoms with Crippen LogP contribution in [0.2, 0.25) is 0 Å². The molecule has 13 heavy (non-hydrogen) atoms. The van der Waals surface area contributed by atoms with E-state index in [0.29, 0.717) is 0 Å². The molecule has 68 valence electrons. The number of esters is 1. The van der Waals surface area contributed by atoms with Gasteiger partial charge in [0.05, 0.1) is 7.11 Å². The molecule has 0 aliphatic rings. The number of alkyl halides is 2. The van der Waals surface area contributed by atoms with Gasteiger partial charge in [-0.25, -0.2) is 13.6 Å². The molecule has 0 fully saturated rings. The van der Waals surface area contributed by atoms with Gasteiger partial charge in [0.1, 0.15) is 6.07 Å². The zero-order valence-electron chi connectivity index (χ0n) is 8.04. The third-order valence-corrected chi connectivity index (χ3v) is 0.964. The Morgan fingerprint density at radius 2 is 2.15 bits per heavy atom. The first kappa shape index (κ1) is 14.9. The number of ether oxygens (including phenoxy) is 1. The van der Waals surface area contributed by atoms with Gasteiger partial charge in [0, 0.05) is 0 Å². The fourth-order valence-corrected chi connectivity index (χ4v) is 0.419. The van der Waals surface area contributed by atoms with Crippen LogP contribution in [0.3, 0.4) is 0 Å². The van der Waals surface area contributed by atoms with Crippen molar-refractivity contribution in [3.63, 3.8) is 0 Å². The normalized spacial score (nSPS) is 11.0. The standard InChI is InChI=1S/C6H5F2NO3.Na.H/c1-12-6(11)3(2-9)4(10)5(7)8;;/h5,10H,1H3;;/q;+1;-1/b4-3-;;. The van der Waals surface area contributed by atoms with Crippen molar-refractivity contribution in [3.05, 3.63) is 11.3 Å². The van der Waals surface area contributed by atoms with Crippen LogP contribution in [-0.4, -0.2) is 24.6 Å².